The highest BCUT2D eigenvalue weighted by Crippen LogP contribution is 2.29. The van der Waals surface area contributed by atoms with Crippen molar-refractivity contribution in [2.45, 2.75) is 13.8 Å². The third-order valence-electron chi connectivity index (χ3n) is 4.47. The van der Waals surface area contributed by atoms with Gasteiger partial charge in [-0.2, -0.15) is 0 Å². The molecule has 0 saturated carbocycles. The number of ether oxygens (including phenoxy) is 3. The van der Waals surface area contributed by atoms with Crippen LogP contribution in [0.15, 0.2) is 60.7 Å². The van der Waals surface area contributed by atoms with E-state index in [0.717, 1.165) is 32.8 Å². The Morgan fingerprint density at radius 2 is 1.58 bits per heavy atom. The minimum atomic E-state index is -0.276. The van der Waals surface area contributed by atoms with E-state index >= 15 is 0 Å². The summed E-state index contributed by atoms with van der Waals surface area (Å²) in [5.74, 6) is 2.55. The first-order chi connectivity index (χ1) is 15.0. The second-order valence-corrected chi connectivity index (χ2v) is 8.12. The monoisotopic (exact) mass is 434 g/mol. The number of carbonyl (C=O) groups is 1. The predicted octanol–water partition coefficient (Wildman–Crippen LogP) is 5.73. The van der Waals surface area contributed by atoms with Gasteiger partial charge in [0.1, 0.15) is 23.0 Å². The Hall–Kier alpha value is -3.58. The number of methoxy groups -OCH3 is 1. The third-order valence-corrected chi connectivity index (χ3v) is 5.40. The molecule has 1 amide bonds. The van der Waals surface area contributed by atoms with Crippen LogP contribution in [0.2, 0.25) is 0 Å². The van der Waals surface area contributed by atoms with Gasteiger partial charge in [0, 0.05) is 0 Å². The first kappa shape index (κ1) is 20.7. The molecule has 0 bridgehead atoms. The lowest BCUT2D eigenvalue weighted by Gasteiger charge is -2.09. The molecular formula is C24H22N2O4S. The van der Waals surface area contributed by atoms with Gasteiger partial charge in [0.15, 0.2) is 11.7 Å². The van der Waals surface area contributed by atoms with Crippen LogP contribution in [-0.2, 0) is 4.79 Å². The molecule has 1 N–H and O–H groups in total. The molecule has 0 unspecified atom stereocenters. The summed E-state index contributed by atoms with van der Waals surface area (Å²) in [5.41, 5.74) is 3.10. The van der Waals surface area contributed by atoms with Gasteiger partial charge in [-0.1, -0.05) is 17.4 Å². The molecule has 1 heterocycles. The zero-order valence-electron chi connectivity index (χ0n) is 17.5. The van der Waals surface area contributed by atoms with Crippen LogP contribution in [0.1, 0.15) is 11.1 Å². The average Bonchev–Trinajstić information content (AvgIpc) is 3.13. The molecular weight excluding hydrogens is 412 g/mol. The smallest absolute Gasteiger partial charge is 0.264 e. The van der Waals surface area contributed by atoms with E-state index in [1.165, 1.54) is 11.3 Å². The maximum atomic E-state index is 12.2. The number of rotatable bonds is 7. The molecule has 0 aliphatic carbocycles. The summed E-state index contributed by atoms with van der Waals surface area (Å²) in [7, 11) is 1.62. The lowest BCUT2D eigenvalue weighted by atomic mass is 10.1. The Morgan fingerprint density at radius 1 is 0.903 bits per heavy atom. The number of aryl methyl sites for hydroxylation is 2. The summed E-state index contributed by atoms with van der Waals surface area (Å²) >= 11 is 1.39. The van der Waals surface area contributed by atoms with Gasteiger partial charge in [-0.3, -0.25) is 10.1 Å². The second kappa shape index (κ2) is 9.06. The molecule has 0 atom stereocenters. The number of anilines is 1. The Kier molecular flexibility index (Phi) is 6.04. The summed E-state index contributed by atoms with van der Waals surface area (Å²) in [5, 5.41) is 3.29. The van der Waals surface area contributed by atoms with Crippen LogP contribution in [0.5, 0.6) is 23.0 Å². The molecule has 0 fully saturated rings. The van der Waals surface area contributed by atoms with Crippen molar-refractivity contribution in [2.24, 2.45) is 0 Å². The van der Waals surface area contributed by atoms with Crippen LogP contribution in [-0.4, -0.2) is 24.6 Å². The van der Waals surface area contributed by atoms with Crippen molar-refractivity contribution >= 4 is 32.6 Å². The number of fused-ring (bicyclic) bond motifs is 1. The highest BCUT2D eigenvalue weighted by molar-refractivity contribution is 7.22. The summed E-state index contributed by atoms with van der Waals surface area (Å²) in [6, 6.07) is 18.8. The Morgan fingerprint density at radius 3 is 2.29 bits per heavy atom. The number of benzene rings is 3. The molecule has 0 aliphatic rings. The zero-order valence-corrected chi connectivity index (χ0v) is 18.3. The molecule has 0 aliphatic heterocycles. The standard InChI is InChI=1S/C24H22N2O4S/c1-15-10-16(2)12-20(11-15)30-18-6-4-17(5-7-18)29-14-23(27)26-24-25-21-9-8-19(28-3)13-22(21)31-24/h4-13H,14H2,1-3H3,(H,25,26,27). The molecule has 4 aromatic rings. The van der Waals surface area contributed by atoms with Crippen molar-refractivity contribution in [3.05, 3.63) is 71.8 Å². The highest BCUT2D eigenvalue weighted by atomic mass is 32.1. The molecule has 6 nitrogen and oxygen atoms in total. The van der Waals surface area contributed by atoms with E-state index in [4.69, 9.17) is 14.2 Å². The van der Waals surface area contributed by atoms with E-state index in [2.05, 4.69) is 16.4 Å². The van der Waals surface area contributed by atoms with E-state index in [1.54, 1.807) is 19.2 Å². The number of thiazole rings is 1. The van der Waals surface area contributed by atoms with Gasteiger partial charge < -0.3 is 14.2 Å². The number of carbonyl (C=O) groups excluding carboxylic acids is 1. The Balaban J connectivity index is 1.32. The molecule has 3 aromatic carbocycles. The van der Waals surface area contributed by atoms with Crippen molar-refractivity contribution in [1.29, 1.82) is 0 Å². The van der Waals surface area contributed by atoms with Gasteiger partial charge in [-0.15, -0.1) is 0 Å². The minimum absolute atomic E-state index is 0.115. The van der Waals surface area contributed by atoms with Crippen LogP contribution >= 0.6 is 11.3 Å². The number of nitrogens with zero attached hydrogens (tertiary/aromatic N) is 1. The first-order valence-electron chi connectivity index (χ1n) is 9.72. The molecule has 7 heteroatoms. The largest absolute Gasteiger partial charge is 0.497 e. The molecule has 158 valence electrons. The number of nitrogens with one attached hydrogen (secondary N) is 1. The van der Waals surface area contributed by atoms with Gasteiger partial charge in [-0.05, 0) is 79.6 Å². The van der Waals surface area contributed by atoms with Gasteiger partial charge in [0.2, 0.25) is 0 Å². The van der Waals surface area contributed by atoms with Gasteiger partial charge in [0.25, 0.3) is 5.91 Å². The van der Waals surface area contributed by atoms with Crippen LogP contribution in [0.4, 0.5) is 5.13 Å². The van der Waals surface area contributed by atoms with Gasteiger partial charge in [0.05, 0.1) is 17.3 Å². The molecule has 31 heavy (non-hydrogen) atoms. The number of aromatic nitrogens is 1. The van der Waals surface area contributed by atoms with Gasteiger partial charge >= 0.3 is 0 Å². The van der Waals surface area contributed by atoms with Crippen molar-refractivity contribution < 1.29 is 19.0 Å². The fourth-order valence-electron chi connectivity index (χ4n) is 3.12. The van der Waals surface area contributed by atoms with Crippen LogP contribution in [0.3, 0.4) is 0 Å². The average molecular weight is 435 g/mol. The minimum Gasteiger partial charge on any atom is -0.497 e. The maximum Gasteiger partial charge on any atom is 0.264 e. The maximum absolute atomic E-state index is 12.2. The third kappa shape index (κ3) is 5.32. The Bertz CT molecular complexity index is 1200. The SMILES string of the molecule is COc1ccc2nc(NC(=O)COc3ccc(Oc4cc(C)cc(C)c4)cc3)sc2c1. The van der Waals surface area contributed by atoms with Crippen molar-refractivity contribution in [2.75, 3.05) is 19.0 Å². The highest BCUT2D eigenvalue weighted by Gasteiger charge is 2.10. The summed E-state index contributed by atoms with van der Waals surface area (Å²) in [4.78, 5) is 16.6. The van der Waals surface area contributed by atoms with E-state index < -0.39 is 0 Å². The fourth-order valence-corrected chi connectivity index (χ4v) is 4.03. The van der Waals surface area contributed by atoms with E-state index in [0.29, 0.717) is 16.6 Å². The van der Waals surface area contributed by atoms with E-state index in [-0.39, 0.29) is 12.5 Å². The second-order valence-electron chi connectivity index (χ2n) is 7.09. The molecule has 4 rings (SSSR count). The van der Waals surface area contributed by atoms with Crippen LogP contribution in [0, 0.1) is 13.8 Å². The number of amides is 1. The summed E-state index contributed by atoms with van der Waals surface area (Å²) in [6.45, 7) is 3.95. The van der Waals surface area contributed by atoms with E-state index in [9.17, 15) is 4.79 Å². The number of hydrogen-bond donors (Lipinski definition) is 1. The quantitative estimate of drug-likeness (QED) is 0.402. The molecule has 1 aromatic heterocycles. The molecule has 0 saturated heterocycles. The van der Waals surface area contributed by atoms with E-state index in [1.807, 2.05) is 56.3 Å². The summed E-state index contributed by atoms with van der Waals surface area (Å²) < 4.78 is 17.6. The van der Waals surface area contributed by atoms with Crippen LogP contribution < -0.4 is 19.5 Å². The first-order valence-corrected chi connectivity index (χ1v) is 10.5. The van der Waals surface area contributed by atoms with Crippen molar-refractivity contribution in [3.63, 3.8) is 0 Å². The lowest BCUT2D eigenvalue weighted by Crippen LogP contribution is -2.19. The topological polar surface area (TPSA) is 69.7 Å². The Labute approximate surface area is 184 Å². The predicted molar refractivity (Wildman–Crippen MR) is 123 cm³/mol. The van der Waals surface area contributed by atoms with Crippen molar-refractivity contribution in [3.8, 4) is 23.0 Å². The molecule has 0 radical (unpaired) electrons. The molecule has 0 spiro atoms. The van der Waals surface area contributed by atoms with Crippen molar-refractivity contribution in [1.82, 2.24) is 4.98 Å². The lowest BCUT2D eigenvalue weighted by molar-refractivity contribution is -0.118. The fraction of sp³-hybridized carbons (Fsp3) is 0.167. The number of hydrogen-bond acceptors (Lipinski definition) is 6. The summed E-state index contributed by atoms with van der Waals surface area (Å²) in [6.07, 6.45) is 0. The zero-order chi connectivity index (χ0) is 21.8. The van der Waals surface area contributed by atoms with Crippen LogP contribution in [0.25, 0.3) is 10.2 Å². The van der Waals surface area contributed by atoms with Gasteiger partial charge in [-0.25, -0.2) is 4.98 Å². The normalized spacial score (nSPS) is 10.7.